The number of aromatic amines is 1. The highest BCUT2D eigenvalue weighted by atomic mass is 35.5. The van der Waals surface area contributed by atoms with Gasteiger partial charge in [0.15, 0.2) is 5.69 Å². The molecule has 0 saturated carbocycles. The van der Waals surface area contributed by atoms with E-state index < -0.39 is 11.7 Å². The minimum atomic E-state index is -1.42. The van der Waals surface area contributed by atoms with E-state index in [4.69, 9.17) is 52.9 Å². The lowest BCUT2D eigenvalue weighted by Crippen LogP contribution is -2.38. The molecule has 2 aromatic carbocycles. The Morgan fingerprint density at radius 1 is 1.21 bits per heavy atom. The second-order valence-electron chi connectivity index (χ2n) is 5.73. The van der Waals surface area contributed by atoms with E-state index >= 15 is 0 Å². The summed E-state index contributed by atoms with van der Waals surface area (Å²) in [6.45, 7) is 0. The molecule has 12 heteroatoms. The zero-order valence-electron chi connectivity index (χ0n) is 14.4. The monoisotopic (exact) mass is 470 g/mol. The maximum Gasteiger partial charge on any atom is 0.276 e. The SMILES string of the molecule is NNC(=S)N/N=C(\c1nc2ccc(Cl)cc2[nH]c1=O)[C@H](O)c1ccc(Cl)cc1Cl. The summed E-state index contributed by atoms with van der Waals surface area (Å²) in [6, 6.07) is 9.31. The minimum Gasteiger partial charge on any atom is -0.382 e. The van der Waals surface area contributed by atoms with Gasteiger partial charge in [-0.25, -0.2) is 10.8 Å². The molecule has 6 N–H and O–H groups in total. The van der Waals surface area contributed by atoms with Crippen molar-refractivity contribution in [2.24, 2.45) is 10.9 Å². The van der Waals surface area contributed by atoms with Gasteiger partial charge in [0.25, 0.3) is 5.56 Å². The lowest BCUT2D eigenvalue weighted by molar-refractivity contribution is 0.247. The molecule has 3 aromatic rings. The maximum atomic E-state index is 12.7. The molecule has 8 nitrogen and oxygen atoms in total. The van der Waals surface area contributed by atoms with Gasteiger partial charge in [-0.2, -0.15) is 5.10 Å². The fourth-order valence-corrected chi connectivity index (χ4v) is 3.22. The van der Waals surface area contributed by atoms with Gasteiger partial charge in [-0.1, -0.05) is 40.9 Å². The number of aliphatic hydroxyl groups is 1. The van der Waals surface area contributed by atoms with Crippen LogP contribution in [0.4, 0.5) is 0 Å². The normalized spacial score (nSPS) is 12.7. The van der Waals surface area contributed by atoms with Crippen molar-refractivity contribution in [3.05, 3.63) is 73.1 Å². The van der Waals surface area contributed by atoms with E-state index in [-0.39, 0.29) is 27.1 Å². The molecule has 1 aromatic heterocycles. The van der Waals surface area contributed by atoms with Crippen LogP contribution in [0.25, 0.3) is 11.0 Å². The highest BCUT2D eigenvalue weighted by molar-refractivity contribution is 7.80. The fourth-order valence-electron chi connectivity index (χ4n) is 2.49. The van der Waals surface area contributed by atoms with Gasteiger partial charge >= 0.3 is 0 Å². The van der Waals surface area contributed by atoms with E-state index in [9.17, 15) is 9.90 Å². The zero-order valence-corrected chi connectivity index (χ0v) is 17.5. The van der Waals surface area contributed by atoms with E-state index in [1.54, 1.807) is 24.3 Å². The number of halogens is 3. The Kier molecular flexibility index (Phi) is 6.68. The summed E-state index contributed by atoms with van der Waals surface area (Å²) in [4.78, 5) is 19.6. The predicted octanol–water partition coefficient (Wildman–Crippen LogP) is 2.66. The summed E-state index contributed by atoms with van der Waals surface area (Å²) >= 11 is 23.0. The second kappa shape index (κ2) is 9.04. The summed E-state index contributed by atoms with van der Waals surface area (Å²) in [6.07, 6.45) is -1.42. The highest BCUT2D eigenvalue weighted by Crippen LogP contribution is 2.28. The van der Waals surface area contributed by atoms with Crippen LogP contribution in [0.5, 0.6) is 0 Å². The number of hydrazone groups is 1. The van der Waals surface area contributed by atoms with E-state index in [2.05, 4.69) is 25.9 Å². The average Bonchev–Trinajstić information content (AvgIpc) is 2.68. The molecule has 150 valence electrons. The van der Waals surface area contributed by atoms with Gasteiger partial charge in [0.2, 0.25) is 5.11 Å². The molecule has 0 fully saturated rings. The van der Waals surface area contributed by atoms with Crippen LogP contribution in [0, 0.1) is 0 Å². The molecule has 3 rings (SSSR count). The number of benzene rings is 2. The Hall–Kier alpha value is -2.27. The smallest absolute Gasteiger partial charge is 0.276 e. The first-order valence-electron chi connectivity index (χ1n) is 7.97. The van der Waals surface area contributed by atoms with Crippen LogP contribution in [0.1, 0.15) is 17.4 Å². The summed E-state index contributed by atoms with van der Waals surface area (Å²) in [5, 5.41) is 15.9. The number of nitrogens with two attached hydrogens (primary N) is 1. The number of hydrogen-bond donors (Lipinski definition) is 5. The maximum absolute atomic E-state index is 12.7. The second-order valence-corrected chi connectivity index (χ2v) is 7.42. The van der Waals surface area contributed by atoms with E-state index in [0.29, 0.717) is 21.1 Å². The van der Waals surface area contributed by atoms with Crippen LogP contribution < -0.4 is 22.3 Å². The molecular formula is C17H13Cl3N6O2S. The average molecular weight is 472 g/mol. The van der Waals surface area contributed by atoms with E-state index in [1.807, 2.05) is 0 Å². The van der Waals surface area contributed by atoms with Gasteiger partial charge in [0.1, 0.15) is 11.8 Å². The molecule has 0 aliphatic heterocycles. The number of nitrogens with zero attached hydrogens (tertiary/aromatic N) is 2. The molecule has 0 saturated heterocycles. The lowest BCUT2D eigenvalue weighted by Gasteiger charge is -2.16. The molecule has 0 aliphatic rings. The standard InChI is InChI=1S/C17H13Cl3N6O2S/c18-7-1-3-9(10(20)5-7)15(27)13(25-26-17(29)24-21)14-16(28)23-12-6-8(19)2-4-11(12)22-14/h1-6,15,27H,21H2,(H,23,28)(H2,24,26,29)/b25-13+/t15-/m1/s1. The molecular weight excluding hydrogens is 459 g/mol. The van der Waals surface area contributed by atoms with Crippen LogP contribution in [0.15, 0.2) is 46.3 Å². The van der Waals surface area contributed by atoms with Gasteiger partial charge in [-0.05, 0) is 42.5 Å². The quantitative estimate of drug-likeness (QED) is 0.171. The molecule has 0 spiro atoms. The third-order valence-electron chi connectivity index (χ3n) is 3.82. The Bertz CT molecular complexity index is 1180. The van der Waals surface area contributed by atoms with Crippen molar-refractivity contribution in [3.63, 3.8) is 0 Å². The minimum absolute atomic E-state index is 0.0408. The van der Waals surface area contributed by atoms with Crippen LogP contribution >= 0.6 is 47.0 Å². The number of H-pyrrole nitrogens is 1. The molecule has 0 radical (unpaired) electrons. The number of aromatic nitrogens is 2. The van der Waals surface area contributed by atoms with Crippen molar-refractivity contribution in [1.29, 1.82) is 0 Å². The molecule has 0 amide bonds. The summed E-state index contributed by atoms with van der Waals surface area (Å²) < 4.78 is 0. The topological polar surface area (TPSA) is 128 Å². The Morgan fingerprint density at radius 2 is 1.90 bits per heavy atom. The number of hydrazine groups is 1. The van der Waals surface area contributed by atoms with Gasteiger partial charge in [0, 0.05) is 20.6 Å². The number of thiocarbonyl (C=S) groups is 1. The van der Waals surface area contributed by atoms with Crippen molar-refractivity contribution < 1.29 is 5.11 Å². The van der Waals surface area contributed by atoms with Gasteiger partial charge in [0.05, 0.1) is 11.0 Å². The van der Waals surface area contributed by atoms with Crippen molar-refractivity contribution in [3.8, 4) is 0 Å². The van der Waals surface area contributed by atoms with E-state index in [1.165, 1.54) is 12.1 Å². The fraction of sp³-hybridized carbons (Fsp3) is 0.0588. The zero-order chi connectivity index (χ0) is 21.1. The molecule has 29 heavy (non-hydrogen) atoms. The first-order chi connectivity index (χ1) is 13.8. The van der Waals surface area contributed by atoms with Crippen LogP contribution in [-0.4, -0.2) is 25.9 Å². The van der Waals surface area contributed by atoms with E-state index in [0.717, 1.165) is 0 Å². The van der Waals surface area contributed by atoms with Gasteiger partial charge in [-0.3, -0.25) is 15.6 Å². The van der Waals surface area contributed by atoms with Gasteiger partial charge < -0.3 is 10.1 Å². The highest BCUT2D eigenvalue weighted by Gasteiger charge is 2.24. The number of hydrogen-bond acceptors (Lipinski definition) is 6. The number of nitrogens with one attached hydrogen (secondary N) is 3. The molecule has 0 unspecified atom stereocenters. The Balaban J connectivity index is 2.16. The third kappa shape index (κ3) is 4.84. The van der Waals surface area contributed by atoms with Gasteiger partial charge in [-0.15, -0.1) is 0 Å². The van der Waals surface area contributed by atoms with Crippen molar-refractivity contribution in [2.75, 3.05) is 0 Å². The number of rotatable bonds is 4. The first kappa shape index (κ1) is 21.4. The lowest BCUT2D eigenvalue weighted by atomic mass is 10.0. The molecule has 0 aliphatic carbocycles. The third-order valence-corrected chi connectivity index (χ3v) is 4.83. The Labute approximate surface area is 184 Å². The van der Waals surface area contributed by atoms with Crippen molar-refractivity contribution in [2.45, 2.75) is 6.10 Å². The van der Waals surface area contributed by atoms with Crippen LogP contribution in [-0.2, 0) is 0 Å². The number of fused-ring (bicyclic) bond motifs is 1. The number of aliphatic hydroxyl groups excluding tert-OH is 1. The first-order valence-corrected chi connectivity index (χ1v) is 9.51. The summed E-state index contributed by atoms with van der Waals surface area (Å²) in [5.41, 5.74) is 4.87. The predicted molar refractivity (Wildman–Crippen MR) is 118 cm³/mol. The molecule has 1 atom stereocenters. The van der Waals surface area contributed by atoms with Crippen molar-refractivity contribution in [1.82, 2.24) is 20.8 Å². The van der Waals surface area contributed by atoms with Crippen molar-refractivity contribution >= 4 is 68.9 Å². The summed E-state index contributed by atoms with van der Waals surface area (Å²) in [5.74, 6) is 5.23. The molecule has 1 heterocycles. The van der Waals surface area contributed by atoms with Crippen LogP contribution in [0.3, 0.4) is 0 Å². The largest absolute Gasteiger partial charge is 0.382 e. The Morgan fingerprint density at radius 3 is 2.59 bits per heavy atom. The summed E-state index contributed by atoms with van der Waals surface area (Å²) in [7, 11) is 0. The molecule has 0 bridgehead atoms. The van der Waals surface area contributed by atoms with Crippen LogP contribution in [0.2, 0.25) is 15.1 Å².